The highest BCUT2D eigenvalue weighted by molar-refractivity contribution is 9.09. The second-order valence-corrected chi connectivity index (χ2v) is 12.9. The van der Waals surface area contributed by atoms with Gasteiger partial charge >= 0.3 is 0 Å². The van der Waals surface area contributed by atoms with Crippen LogP contribution in [0, 0.1) is 24.9 Å². The molecule has 0 spiro atoms. The van der Waals surface area contributed by atoms with Gasteiger partial charge < -0.3 is 33.9 Å². The number of alkyl halides is 2. The molecule has 3 aromatic rings. The van der Waals surface area contributed by atoms with Gasteiger partial charge in [0.05, 0.1) is 35.7 Å². The number of phenolic OH excluding ortho intramolecular Hbond substituents is 2. The first-order valence-electron chi connectivity index (χ1n) is 15.3. The second kappa shape index (κ2) is 23.2. The van der Waals surface area contributed by atoms with Crippen LogP contribution < -0.4 is 9.47 Å². The minimum atomic E-state index is -0.233. The van der Waals surface area contributed by atoms with E-state index in [0.29, 0.717) is 16.3 Å². The standard InChI is InChI=1S/C12H15BrO2.C11H13BrO3.C7H8O.C5H8O.H2N2.H2/c1-9-4-6-10(7-5-9)15-12-11(13)3-2-8-14-12;12-10-2-1-7-14-11(10)15-9-5-3-8(13)4-6-9;1-6-2-4-7(8)5-3-6;1-2-4-6-5-3-1;1-2;/h4-7,11-12H,2-3,8H2,1H3;3-6,10-11,13H,1-2,7H2;2-5,8H,1H3;2,4H,1,3,5H2;1-2H;1H/t11-,12+;10-,11+;;;;/m00..../s1. The molecule has 6 rings (SSSR count). The van der Waals surface area contributed by atoms with E-state index in [2.05, 4.69) is 38.8 Å². The summed E-state index contributed by atoms with van der Waals surface area (Å²) in [6.07, 6.45) is 10.1. The SMILES string of the molecule is C1=COCCC1.Cc1ccc(O)cc1.Cc1ccc(O[C@H]2OCCC[C@@H]2Br)cc1.N=N.Oc1ccc(O[C@H]2OCCC[C@@H]2Br)cc1.[HH]. The van der Waals surface area contributed by atoms with Gasteiger partial charge in [-0.3, -0.25) is 0 Å². The number of halogens is 2. The van der Waals surface area contributed by atoms with Gasteiger partial charge in [-0.1, -0.05) is 67.3 Å². The molecular formula is C35H48Br2N2O7. The van der Waals surface area contributed by atoms with Crippen molar-refractivity contribution >= 4 is 31.9 Å². The van der Waals surface area contributed by atoms with E-state index in [4.69, 9.17) is 45.0 Å². The lowest BCUT2D eigenvalue weighted by molar-refractivity contribution is -0.0995. The molecule has 2 saturated heterocycles. The summed E-state index contributed by atoms with van der Waals surface area (Å²) >= 11 is 7.10. The maximum absolute atomic E-state index is 9.12. The van der Waals surface area contributed by atoms with E-state index in [9.17, 15) is 0 Å². The number of aryl methyl sites for hydroxylation is 2. The van der Waals surface area contributed by atoms with E-state index in [1.54, 1.807) is 42.7 Å². The fraction of sp³-hybridized carbons (Fsp3) is 0.429. The number of hydrogen-bond acceptors (Lipinski definition) is 9. The van der Waals surface area contributed by atoms with Crippen molar-refractivity contribution < 1.29 is 35.3 Å². The molecule has 254 valence electrons. The van der Waals surface area contributed by atoms with Crippen LogP contribution in [0.2, 0.25) is 0 Å². The van der Waals surface area contributed by atoms with Crippen molar-refractivity contribution in [3.63, 3.8) is 0 Å². The third-order valence-corrected chi connectivity index (χ3v) is 8.40. The molecule has 9 nitrogen and oxygen atoms in total. The first kappa shape index (κ1) is 39.1. The van der Waals surface area contributed by atoms with Crippen molar-refractivity contribution in [3.8, 4) is 23.0 Å². The van der Waals surface area contributed by atoms with Gasteiger partial charge in [0, 0.05) is 1.43 Å². The van der Waals surface area contributed by atoms with Crippen LogP contribution in [0.15, 0.2) is 85.1 Å². The topological polar surface area (TPSA) is 134 Å². The Morgan fingerprint density at radius 3 is 1.39 bits per heavy atom. The number of nitrogens with one attached hydrogen (secondary N) is 2. The predicted octanol–water partition coefficient (Wildman–Crippen LogP) is 9.80. The highest BCUT2D eigenvalue weighted by Crippen LogP contribution is 2.26. The average Bonchev–Trinajstić information content (AvgIpc) is 3.09. The first-order chi connectivity index (χ1) is 22.3. The predicted molar refractivity (Wildman–Crippen MR) is 189 cm³/mol. The molecule has 3 heterocycles. The Labute approximate surface area is 290 Å². The quantitative estimate of drug-likeness (QED) is 0.153. The van der Waals surface area contributed by atoms with Crippen LogP contribution in [0.1, 0.15) is 51.1 Å². The summed E-state index contributed by atoms with van der Waals surface area (Å²) in [5.74, 6) is 2.15. The Balaban J connectivity index is 0.000000323. The molecule has 4 N–H and O–H groups in total. The van der Waals surface area contributed by atoms with Gasteiger partial charge in [0.2, 0.25) is 12.6 Å². The summed E-state index contributed by atoms with van der Waals surface area (Å²) in [6.45, 7) is 6.49. The summed E-state index contributed by atoms with van der Waals surface area (Å²) < 4.78 is 27.3. The summed E-state index contributed by atoms with van der Waals surface area (Å²) in [7, 11) is 0. The van der Waals surface area contributed by atoms with Crippen molar-refractivity contribution in [3.05, 3.63) is 96.3 Å². The lowest BCUT2D eigenvalue weighted by atomic mass is 10.2. The van der Waals surface area contributed by atoms with Gasteiger partial charge in [-0.2, -0.15) is 0 Å². The summed E-state index contributed by atoms with van der Waals surface area (Å²) in [6, 6.07) is 21.8. The van der Waals surface area contributed by atoms with E-state index in [1.807, 2.05) is 49.4 Å². The first-order valence-corrected chi connectivity index (χ1v) is 17.1. The Morgan fingerprint density at radius 1 is 0.652 bits per heavy atom. The van der Waals surface area contributed by atoms with Crippen molar-refractivity contribution in [2.75, 3.05) is 19.8 Å². The monoisotopic (exact) mass is 766 g/mol. The molecule has 4 atom stereocenters. The number of benzene rings is 3. The molecule has 3 aliphatic rings. The smallest absolute Gasteiger partial charge is 0.212 e. The van der Waals surface area contributed by atoms with Gasteiger partial charge in [-0.25, -0.2) is 11.1 Å². The van der Waals surface area contributed by atoms with E-state index in [-0.39, 0.29) is 24.6 Å². The maximum Gasteiger partial charge on any atom is 0.212 e. The molecule has 3 aromatic carbocycles. The number of rotatable bonds is 4. The lowest BCUT2D eigenvalue weighted by Crippen LogP contribution is -2.34. The van der Waals surface area contributed by atoms with E-state index in [1.165, 1.54) is 24.0 Å². The Kier molecular flexibility index (Phi) is 19.7. The number of allylic oxidation sites excluding steroid dienone is 1. The summed E-state index contributed by atoms with van der Waals surface area (Å²) in [5, 5.41) is 17.9. The Morgan fingerprint density at radius 2 is 1.07 bits per heavy atom. The van der Waals surface area contributed by atoms with Crippen molar-refractivity contribution in [1.29, 1.82) is 11.1 Å². The van der Waals surface area contributed by atoms with Gasteiger partial charge in [-0.15, -0.1) is 0 Å². The fourth-order valence-electron chi connectivity index (χ4n) is 4.10. The molecule has 11 heteroatoms. The zero-order valence-corrected chi connectivity index (χ0v) is 29.6. The lowest BCUT2D eigenvalue weighted by Gasteiger charge is -2.28. The van der Waals surface area contributed by atoms with Crippen LogP contribution in [0.5, 0.6) is 23.0 Å². The number of hydrogen-bond donors (Lipinski definition) is 4. The Bertz CT molecular complexity index is 1140. The van der Waals surface area contributed by atoms with E-state index >= 15 is 0 Å². The average molecular weight is 769 g/mol. The van der Waals surface area contributed by atoms with E-state index < -0.39 is 0 Å². The highest BCUT2D eigenvalue weighted by atomic mass is 79.9. The largest absolute Gasteiger partial charge is 0.508 e. The molecule has 0 aliphatic carbocycles. The minimum absolute atomic E-state index is 0. The zero-order chi connectivity index (χ0) is 33.6. The third kappa shape index (κ3) is 16.4. The van der Waals surface area contributed by atoms with Gasteiger partial charge in [-0.05, 0) is 107 Å². The number of aromatic hydroxyl groups is 2. The van der Waals surface area contributed by atoms with Crippen molar-refractivity contribution in [2.45, 2.75) is 74.6 Å². The zero-order valence-electron chi connectivity index (χ0n) is 26.4. The van der Waals surface area contributed by atoms with Crippen LogP contribution >= 0.6 is 31.9 Å². The summed E-state index contributed by atoms with van der Waals surface area (Å²) in [4.78, 5) is 0.535. The molecule has 0 radical (unpaired) electrons. The van der Waals surface area contributed by atoms with Crippen LogP contribution in [-0.4, -0.2) is 52.3 Å². The number of ether oxygens (including phenoxy) is 5. The van der Waals surface area contributed by atoms with Crippen LogP contribution in [-0.2, 0) is 14.2 Å². The third-order valence-electron chi connectivity index (χ3n) is 6.62. The molecule has 2 fully saturated rings. The fourth-order valence-corrected chi connectivity index (χ4v) is 5.26. The molecule has 0 saturated carbocycles. The van der Waals surface area contributed by atoms with Gasteiger partial charge in [0.1, 0.15) is 23.0 Å². The molecule has 46 heavy (non-hydrogen) atoms. The van der Waals surface area contributed by atoms with Crippen molar-refractivity contribution in [1.82, 2.24) is 0 Å². The molecule has 0 unspecified atom stereocenters. The van der Waals surface area contributed by atoms with Gasteiger partial charge in [0.15, 0.2) is 0 Å². The highest BCUT2D eigenvalue weighted by Gasteiger charge is 2.26. The van der Waals surface area contributed by atoms with Crippen LogP contribution in [0.3, 0.4) is 0 Å². The molecule has 3 aliphatic heterocycles. The molecule has 0 aromatic heterocycles. The Hall–Kier alpha value is -3.12. The molecule has 0 amide bonds. The minimum Gasteiger partial charge on any atom is -0.508 e. The normalized spacial score (nSPS) is 21.4. The maximum atomic E-state index is 9.12. The number of phenols is 2. The van der Waals surface area contributed by atoms with Crippen molar-refractivity contribution in [2.24, 2.45) is 0 Å². The van der Waals surface area contributed by atoms with Crippen LogP contribution in [0.4, 0.5) is 0 Å². The summed E-state index contributed by atoms with van der Waals surface area (Å²) in [5.41, 5.74) is 12.4. The van der Waals surface area contributed by atoms with E-state index in [0.717, 1.165) is 51.3 Å². The van der Waals surface area contributed by atoms with Gasteiger partial charge in [0.25, 0.3) is 0 Å². The van der Waals surface area contributed by atoms with Crippen LogP contribution in [0.25, 0.3) is 0 Å². The molecule has 0 bridgehead atoms. The molecular weight excluding hydrogens is 720 g/mol. The second-order valence-electron chi connectivity index (χ2n) is 10.6.